The SMILES string of the molecule is CCCCCCCCN1C(=O)C(=O)C(=C(O)c2ccccc2)C1c1cccnc1. The van der Waals surface area contributed by atoms with Crippen LogP contribution < -0.4 is 0 Å². The van der Waals surface area contributed by atoms with Gasteiger partial charge in [0.1, 0.15) is 5.76 Å². The Morgan fingerprint density at radius 1 is 1.00 bits per heavy atom. The molecule has 152 valence electrons. The van der Waals surface area contributed by atoms with Crippen molar-refractivity contribution in [3.05, 3.63) is 71.6 Å². The Kier molecular flexibility index (Phi) is 7.17. The molecule has 1 atom stereocenters. The van der Waals surface area contributed by atoms with Crippen molar-refractivity contribution in [2.24, 2.45) is 0 Å². The van der Waals surface area contributed by atoms with E-state index in [0.29, 0.717) is 12.1 Å². The van der Waals surface area contributed by atoms with Gasteiger partial charge in [0.15, 0.2) is 0 Å². The molecule has 0 bridgehead atoms. The van der Waals surface area contributed by atoms with E-state index in [1.54, 1.807) is 47.6 Å². The van der Waals surface area contributed by atoms with Crippen molar-refractivity contribution < 1.29 is 14.7 Å². The molecule has 5 nitrogen and oxygen atoms in total. The quantitative estimate of drug-likeness (QED) is 0.286. The van der Waals surface area contributed by atoms with Crippen LogP contribution in [0.3, 0.4) is 0 Å². The van der Waals surface area contributed by atoms with E-state index in [-0.39, 0.29) is 11.3 Å². The summed E-state index contributed by atoms with van der Waals surface area (Å²) in [7, 11) is 0. The molecule has 2 aromatic rings. The van der Waals surface area contributed by atoms with Crippen molar-refractivity contribution in [3.63, 3.8) is 0 Å². The van der Waals surface area contributed by atoms with Crippen LogP contribution in [-0.2, 0) is 9.59 Å². The molecule has 2 heterocycles. The standard InChI is InChI=1S/C24H28N2O3/c1-2-3-4-5-6-10-16-26-21(19-14-11-15-25-17-19)20(23(28)24(26)29)22(27)18-12-8-7-9-13-18/h7-9,11-15,17,21,27H,2-6,10,16H2,1H3. The predicted molar refractivity (Wildman–Crippen MR) is 113 cm³/mol. The molecule has 3 rings (SSSR count). The van der Waals surface area contributed by atoms with E-state index in [1.165, 1.54) is 19.3 Å². The summed E-state index contributed by atoms with van der Waals surface area (Å²) in [6.45, 7) is 2.67. The molecule has 1 amide bonds. The Morgan fingerprint density at radius 3 is 2.41 bits per heavy atom. The number of benzene rings is 1. The van der Waals surface area contributed by atoms with E-state index in [1.807, 2.05) is 12.1 Å². The van der Waals surface area contributed by atoms with Gasteiger partial charge in [-0.2, -0.15) is 0 Å². The van der Waals surface area contributed by atoms with E-state index in [4.69, 9.17) is 0 Å². The molecule has 1 unspecified atom stereocenters. The predicted octanol–water partition coefficient (Wildman–Crippen LogP) is 4.86. The molecule has 1 aromatic heterocycles. The molecular formula is C24H28N2O3. The Morgan fingerprint density at radius 2 is 1.72 bits per heavy atom. The highest BCUT2D eigenvalue weighted by atomic mass is 16.3. The summed E-state index contributed by atoms with van der Waals surface area (Å²) < 4.78 is 0. The molecular weight excluding hydrogens is 364 g/mol. The molecule has 1 aliphatic heterocycles. The number of unbranched alkanes of at least 4 members (excludes halogenated alkanes) is 5. The second-order valence-electron chi connectivity index (χ2n) is 7.41. The number of aliphatic hydroxyl groups is 1. The summed E-state index contributed by atoms with van der Waals surface area (Å²) in [4.78, 5) is 31.4. The molecule has 0 radical (unpaired) electrons. The van der Waals surface area contributed by atoms with Gasteiger partial charge < -0.3 is 10.0 Å². The summed E-state index contributed by atoms with van der Waals surface area (Å²) in [5, 5.41) is 10.9. The molecule has 29 heavy (non-hydrogen) atoms. The average molecular weight is 392 g/mol. The molecule has 0 spiro atoms. The number of rotatable bonds is 9. The van der Waals surface area contributed by atoms with Gasteiger partial charge in [-0.05, 0) is 18.1 Å². The van der Waals surface area contributed by atoms with Gasteiger partial charge in [0, 0.05) is 24.5 Å². The summed E-state index contributed by atoms with van der Waals surface area (Å²) in [6, 6.07) is 11.9. The van der Waals surface area contributed by atoms with Gasteiger partial charge in [0.05, 0.1) is 11.6 Å². The van der Waals surface area contributed by atoms with Crippen molar-refractivity contribution in [2.45, 2.75) is 51.5 Å². The lowest BCUT2D eigenvalue weighted by Crippen LogP contribution is -2.30. The number of Topliss-reactive ketones (excluding diaryl/α,β-unsaturated/α-hetero) is 1. The second kappa shape index (κ2) is 10.0. The summed E-state index contributed by atoms with van der Waals surface area (Å²) in [5.41, 5.74) is 1.40. The highest BCUT2D eigenvalue weighted by molar-refractivity contribution is 6.46. The minimum absolute atomic E-state index is 0.136. The average Bonchev–Trinajstić information content (AvgIpc) is 3.01. The summed E-state index contributed by atoms with van der Waals surface area (Å²) in [5.74, 6) is -1.32. The van der Waals surface area contributed by atoms with Crippen LogP contribution in [0.2, 0.25) is 0 Å². The van der Waals surface area contributed by atoms with Crippen molar-refractivity contribution >= 4 is 17.4 Å². The van der Waals surface area contributed by atoms with E-state index in [0.717, 1.165) is 24.8 Å². The Balaban J connectivity index is 1.90. The summed E-state index contributed by atoms with van der Waals surface area (Å²) >= 11 is 0. The lowest BCUT2D eigenvalue weighted by atomic mass is 9.96. The van der Waals surface area contributed by atoms with E-state index >= 15 is 0 Å². The normalized spacial score (nSPS) is 18.4. The van der Waals surface area contributed by atoms with Gasteiger partial charge in [-0.15, -0.1) is 0 Å². The highest BCUT2D eigenvalue weighted by Gasteiger charge is 2.45. The number of ketones is 1. The van der Waals surface area contributed by atoms with Crippen LogP contribution in [0.4, 0.5) is 0 Å². The van der Waals surface area contributed by atoms with Crippen molar-refractivity contribution in [1.82, 2.24) is 9.88 Å². The van der Waals surface area contributed by atoms with Crippen LogP contribution in [0.1, 0.15) is 62.6 Å². The fourth-order valence-corrected chi connectivity index (χ4v) is 3.81. The lowest BCUT2D eigenvalue weighted by Gasteiger charge is -2.25. The number of likely N-dealkylation sites (tertiary alicyclic amines) is 1. The van der Waals surface area contributed by atoms with Gasteiger partial charge in [-0.25, -0.2) is 0 Å². The Labute approximate surface area is 172 Å². The number of aromatic nitrogens is 1. The third-order valence-corrected chi connectivity index (χ3v) is 5.34. The van der Waals surface area contributed by atoms with Crippen LogP contribution in [0.5, 0.6) is 0 Å². The van der Waals surface area contributed by atoms with Crippen molar-refractivity contribution in [2.75, 3.05) is 6.54 Å². The molecule has 1 saturated heterocycles. The van der Waals surface area contributed by atoms with Crippen LogP contribution >= 0.6 is 0 Å². The molecule has 5 heteroatoms. The molecule has 0 aliphatic carbocycles. The minimum atomic E-state index is -0.633. The van der Waals surface area contributed by atoms with Gasteiger partial charge >= 0.3 is 0 Å². The highest BCUT2D eigenvalue weighted by Crippen LogP contribution is 2.39. The van der Waals surface area contributed by atoms with Gasteiger partial charge in [-0.1, -0.05) is 75.4 Å². The lowest BCUT2D eigenvalue weighted by molar-refractivity contribution is -0.139. The maximum atomic E-state index is 12.9. The number of nitrogens with zero attached hydrogens (tertiary/aromatic N) is 2. The fraction of sp³-hybridized carbons (Fsp3) is 0.375. The third kappa shape index (κ3) is 4.73. The van der Waals surface area contributed by atoms with E-state index in [9.17, 15) is 14.7 Å². The smallest absolute Gasteiger partial charge is 0.295 e. The molecule has 1 aromatic carbocycles. The third-order valence-electron chi connectivity index (χ3n) is 5.34. The Hall–Kier alpha value is -2.95. The monoisotopic (exact) mass is 392 g/mol. The van der Waals surface area contributed by atoms with Crippen LogP contribution in [0.25, 0.3) is 5.76 Å². The van der Waals surface area contributed by atoms with Gasteiger partial charge in [0.25, 0.3) is 11.7 Å². The maximum Gasteiger partial charge on any atom is 0.295 e. The van der Waals surface area contributed by atoms with E-state index in [2.05, 4.69) is 11.9 Å². The first-order valence-corrected chi connectivity index (χ1v) is 10.4. The van der Waals surface area contributed by atoms with Gasteiger partial charge in [-0.3, -0.25) is 14.6 Å². The van der Waals surface area contributed by atoms with Crippen LogP contribution in [0, 0.1) is 0 Å². The fourth-order valence-electron chi connectivity index (χ4n) is 3.81. The topological polar surface area (TPSA) is 70.5 Å². The minimum Gasteiger partial charge on any atom is -0.507 e. The first-order chi connectivity index (χ1) is 14.1. The Bertz CT molecular complexity index is 862. The first kappa shape index (κ1) is 20.8. The number of hydrogen-bond donors (Lipinski definition) is 1. The number of carbonyl (C=O) groups excluding carboxylic acids is 2. The van der Waals surface area contributed by atoms with Crippen LogP contribution in [-0.4, -0.2) is 33.2 Å². The maximum absolute atomic E-state index is 12.9. The zero-order valence-electron chi connectivity index (χ0n) is 16.9. The van der Waals surface area contributed by atoms with E-state index < -0.39 is 17.7 Å². The van der Waals surface area contributed by atoms with Crippen molar-refractivity contribution in [3.8, 4) is 0 Å². The number of carbonyl (C=O) groups is 2. The first-order valence-electron chi connectivity index (χ1n) is 10.4. The second-order valence-corrected chi connectivity index (χ2v) is 7.41. The van der Waals surface area contributed by atoms with Gasteiger partial charge in [0.2, 0.25) is 0 Å². The number of aliphatic hydroxyl groups excluding tert-OH is 1. The summed E-state index contributed by atoms with van der Waals surface area (Å²) in [6.07, 6.45) is 9.88. The molecule has 1 fully saturated rings. The molecule has 1 aliphatic rings. The van der Waals surface area contributed by atoms with Crippen molar-refractivity contribution in [1.29, 1.82) is 0 Å². The molecule has 1 N–H and O–H groups in total. The largest absolute Gasteiger partial charge is 0.507 e. The molecule has 0 saturated carbocycles. The zero-order valence-corrected chi connectivity index (χ0v) is 16.9. The zero-order chi connectivity index (χ0) is 20.6. The van der Waals surface area contributed by atoms with Crippen LogP contribution in [0.15, 0.2) is 60.4 Å². The number of hydrogen-bond acceptors (Lipinski definition) is 4. The number of pyridine rings is 1. The number of amides is 1.